The van der Waals surface area contributed by atoms with Gasteiger partial charge in [-0.05, 0) is 65.2 Å². The summed E-state index contributed by atoms with van der Waals surface area (Å²) in [5.74, 6) is 0. The number of hydrogen-bond acceptors (Lipinski definition) is 2. The van der Waals surface area contributed by atoms with E-state index in [4.69, 9.17) is 0 Å². The first-order chi connectivity index (χ1) is 9.34. The molecular weight excluding hydrogens is 377 g/mol. The van der Waals surface area contributed by atoms with Crippen LogP contribution in [0.1, 0.15) is 47.7 Å². The van der Waals surface area contributed by atoms with Gasteiger partial charge in [0.15, 0.2) is 0 Å². The molecule has 0 aliphatic heterocycles. The minimum absolute atomic E-state index is 0.223. The Balaban J connectivity index is 2.43. The van der Waals surface area contributed by atoms with Crippen LogP contribution in [0.4, 0.5) is 0 Å². The fraction of sp³-hybridized carbons (Fsp3) is 0.412. The molecule has 1 heterocycles. The van der Waals surface area contributed by atoms with Crippen LogP contribution in [0.5, 0.6) is 0 Å². The van der Waals surface area contributed by atoms with Crippen molar-refractivity contribution in [3.05, 3.63) is 54.8 Å². The van der Waals surface area contributed by atoms with Crippen LogP contribution in [-0.2, 0) is 5.41 Å². The van der Waals surface area contributed by atoms with Crippen molar-refractivity contribution in [2.75, 3.05) is 7.05 Å². The monoisotopic (exact) mass is 399 g/mol. The second kappa shape index (κ2) is 6.16. The molecule has 3 heteroatoms. The first-order valence-electron chi connectivity index (χ1n) is 6.87. The molecule has 0 radical (unpaired) electrons. The van der Waals surface area contributed by atoms with E-state index in [1.165, 1.54) is 24.5 Å². The summed E-state index contributed by atoms with van der Waals surface area (Å²) in [5.41, 5.74) is 2.94. The Bertz CT molecular complexity index is 595. The highest BCUT2D eigenvalue weighted by Crippen LogP contribution is 2.36. The smallest absolute Gasteiger partial charge is 0.0679 e. The quantitative estimate of drug-likeness (QED) is 0.694. The van der Waals surface area contributed by atoms with Gasteiger partial charge < -0.3 is 5.32 Å². The van der Waals surface area contributed by atoms with Gasteiger partial charge in [-0.3, -0.25) is 0 Å². The summed E-state index contributed by atoms with van der Waals surface area (Å²) in [6.45, 7) is 8.99. The number of thiophene rings is 1. The van der Waals surface area contributed by atoms with Crippen molar-refractivity contribution < 1.29 is 0 Å². The fourth-order valence-electron chi connectivity index (χ4n) is 2.26. The van der Waals surface area contributed by atoms with Gasteiger partial charge >= 0.3 is 0 Å². The zero-order chi connectivity index (χ0) is 14.9. The van der Waals surface area contributed by atoms with E-state index >= 15 is 0 Å². The molecule has 2 aromatic rings. The minimum Gasteiger partial charge on any atom is -0.309 e. The summed E-state index contributed by atoms with van der Waals surface area (Å²) < 4.78 is 1.36. The van der Waals surface area contributed by atoms with Gasteiger partial charge in [0.25, 0.3) is 0 Å². The maximum atomic E-state index is 3.47. The van der Waals surface area contributed by atoms with Crippen molar-refractivity contribution in [3.63, 3.8) is 0 Å². The minimum atomic E-state index is 0.223. The Morgan fingerprint density at radius 1 is 1.15 bits per heavy atom. The molecule has 108 valence electrons. The molecule has 1 atom stereocenters. The van der Waals surface area contributed by atoms with Crippen molar-refractivity contribution in [1.29, 1.82) is 0 Å². The largest absolute Gasteiger partial charge is 0.309 e. The van der Waals surface area contributed by atoms with E-state index in [9.17, 15) is 0 Å². The van der Waals surface area contributed by atoms with Crippen molar-refractivity contribution in [1.82, 2.24) is 5.32 Å². The molecule has 0 fully saturated rings. The summed E-state index contributed by atoms with van der Waals surface area (Å²) in [4.78, 5) is 2.83. The molecule has 1 nitrogen and oxygen atoms in total. The Morgan fingerprint density at radius 3 is 2.40 bits per heavy atom. The molecule has 0 bridgehead atoms. The molecule has 0 aliphatic carbocycles. The molecule has 1 unspecified atom stereocenters. The van der Waals surface area contributed by atoms with E-state index in [2.05, 4.69) is 85.9 Å². The third kappa shape index (κ3) is 3.26. The third-order valence-electron chi connectivity index (χ3n) is 3.47. The number of aryl methyl sites for hydroxylation is 1. The van der Waals surface area contributed by atoms with E-state index in [1.807, 2.05) is 18.4 Å². The van der Waals surface area contributed by atoms with Gasteiger partial charge in [-0.15, -0.1) is 11.3 Å². The highest BCUT2D eigenvalue weighted by Gasteiger charge is 2.21. The maximum absolute atomic E-state index is 3.47. The van der Waals surface area contributed by atoms with Crippen LogP contribution in [0, 0.1) is 10.5 Å². The summed E-state index contributed by atoms with van der Waals surface area (Å²) in [5, 5.41) is 3.47. The van der Waals surface area contributed by atoms with Crippen molar-refractivity contribution in [3.8, 4) is 0 Å². The second-order valence-electron chi connectivity index (χ2n) is 6.15. The Hall–Kier alpha value is -0.390. The molecule has 0 spiro atoms. The van der Waals surface area contributed by atoms with Crippen LogP contribution in [0.15, 0.2) is 30.3 Å². The summed E-state index contributed by atoms with van der Waals surface area (Å²) in [6, 6.07) is 11.4. The maximum Gasteiger partial charge on any atom is 0.0679 e. The van der Waals surface area contributed by atoms with Gasteiger partial charge in [0.2, 0.25) is 0 Å². The summed E-state index contributed by atoms with van der Waals surface area (Å²) in [7, 11) is 2.04. The van der Waals surface area contributed by atoms with E-state index in [0.717, 1.165) is 0 Å². The Kier molecular flexibility index (Phi) is 4.92. The molecule has 0 saturated heterocycles. The lowest BCUT2D eigenvalue weighted by molar-refractivity contribution is 0.604. The Labute approximate surface area is 139 Å². The van der Waals surface area contributed by atoms with Gasteiger partial charge in [0, 0.05) is 13.3 Å². The van der Waals surface area contributed by atoms with Crippen LogP contribution in [0.3, 0.4) is 0 Å². The van der Waals surface area contributed by atoms with E-state index < -0.39 is 0 Å². The van der Waals surface area contributed by atoms with E-state index in [1.54, 1.807) is 0 Å². The first kappa shape index (κ1) is 16.0. The highest BCUT2D eigenvalue weighted by atomic mass is 127. The third-order valence-corrected chi connectivity index (χ3v) is 6.52. The van der Waals surface area contributed by atoms with Gasteiger partial charge in [-0.1, -0.05) is 39.0 Å². The van der Waals surface area contributed by atoms with E-state index in [0.29, 0.717) is 0 Å². The molecule has 1 N–H and O–H groups in total. The molecule has 1 aromatic carbocycles. The number of hydrogen-bond donors (Lipinski definition) is 1. The number of benzene rings is 1. The van der Waals surface area contributed by atoms with Crippen molar-refractivity contribution in [2.24, 2.45) is 0 Å². The predicted octanol–water partition coefficient (Wildman–Crippen LogP) is 5.27. The molecule has 2 rings (SSSR count). The average molecular weight is 399 g/mol. The standard InChI is InChI=1S/C17H22INS/c1-11-7-6-8-12(15(11)18)16(19-5)13-9-10-14(20-13)17(2,3)4/h6-10,16,19H,1-5H3. The normalized spacial score (nSPS) is 13.5. The summed E-state index contributed by atoms with van der Waals surface area (Å²) in [6.07, 6.45) is 0. The van der Waals surface area contributed by atoms with Gasteiger partial charge in [0.1, 0.15) is 0 Å². The van der Waals surface area contributed by atoms with E-state index in [-0.39, 0.29) is 11.5 Å². The zero-order valence-electron chi connectivity index (χ0n) is 12.8. The lowest BCUT2D eigenvalue weighted by Crippen LogP contribution is -2.18. The SMILES string of the molecule is CNC(c1ccc(C(C)(C)C)s1)c1cccc(C)c1I. The fourth-order valence-corrected chi connectivity index (χ4v) is 4.12. The molecular formula is C17H22INS. The molecule has 20 heavy (non-hydrogen) atoms. The zero-order valence-corrected chi connectivity index (χ0v) is 15.7. The predicted molar refractivity (Wildman–Crippen MR) is 97.8 cm³/mol. The second-order valence-corrected chi connectivity index (χ2v) is 8.35. The number of halogens is 1. The first-order valence-corrected chi connectivity index (χ1v) is 8.76. The lowest BCUT2D eigenvalue weighted by atomic mass is 9.95. The molecule has 1 aromatic heterocycles. The van der Waals surface area contributed by atoms with Crippen molar-refractivity contribution >= 4 is 33.9 Å². The van der Waals surface area contributed by atoms with Crippen LogP contribution < -0.4 is 5.32 Å². The highest BCUT2D eigenvalue weighted by molar-refractivity contribution is 14.1. The Morgan fingerprint density at radius 2 is 1.85 bits per heavy atom. The van der Waals surface area contributed by atoms with Crippen LogP contribution in [0.2, 0.25) is 0 Å². The number of nitrogens with one attached hydrogen (secondary N) is 1. The molecule has 0 amide bonds. The average Bonchev–Trinajstić information content (AvgIpc) is 2.85. The number of rotatable bonds is 3. The molecule has 0 saturated carbocycles. The topological polar surface area (TPSA) is 12.0 Å². The van der Waals surface area contributed by atoms with Gasteiger partial charge in [-0.25, -0.2) is 0 Å². The van der Waals surface area contributed by atoms with Crippen LogP contribution >= 0.6 is 33.9 Å². The van der Waals surface area contributed by atoms with Crippen LogP contribution in [0.25, 0.3) is 0 Å². The lowest BCUT2D eigenvalue weighted by Gasteiger charge is -2.19. The van der Waals surface area contributed by atoms with Gasteiger partial charge in [0.05, 0.1) is 6.04 Å². The van der Waals surface area contributed by atoms with Gasteiger partial charge in [-0.2, -0.15) is 0 Å². The van der Waals surface area contributed by atoms with Crippen molar-refractivity contribution in [2.45, 2.75) is 39.2 Å². The van der Waals surface area contributed by atoms with Crippen LogP contribution in [-0.4, -0.2) is 7.05 Å². The summed E-state index contributed by atoms with van der Waals surface area (Å²) >= 11 is 4.37. The molecule has 0 aliphatic rings.